The van der Waals surface area contributed by atoms with E-state index < -0.39 is 23.6 Å². The summed E-state index contributed by atoms with van der Waals surface area (Å²) in [5, 5.41) is 9.94. The van der Waals surface area contributed by atoms with E-state index >= 15 is 0 Å². The van der Waals surface area contributed by atoms with E-state index in [9.17, 15) is 18.3 Å². The zero-order chi connectivity index (χ0) is 14.0. The van der Waals surface area contributed by atoms with Crippen molar-refractivity contribution in [1.29, 1.82) is 0 Å². The summed E-state index contributed by atoms with van der Waals surface area (Å²) < 4.78 is 39.6. The number of hydrogen-bond acceptors (Lipinski definition) is 1. The number of hydrogen-bond donors (Lipinski definition) is 1. The maximum atomic E-state index is 13.2. The molecule has 2 rings (SSSR count). The minimum Gasteiger partial charge on any atom is -0.388 e. The van der Waals surface area contributed by atoms with Crippen molar-refractivity contribution in [3.8, 4) is 0 Å². The van der Waals surface area contributed by atoms with Gasteiger partial charge >= 0.3 is 0 Å². The van der Waals surface area contributed by atoms with Crippen molar-refractivity contribution in [3.63, 3.8) is 0 Å². The van der Waals surface area contributed by atoms with Crippen LogP contribution >= 0.6 is 15.9 Å². The van der Waals surface area contributed by atoms with Crippen molar-refractivity contribution in [2.24, 2.45) is 0 Å². The van der Waals surface area contributed by atoms with Crippen molar-refractivity contribution in [2.75, 3.05) is 0 Å². The fraction of sp³-hybridized carbons (Fsp3) is 0.143. The molecule has 0 aliphatic rings. The smallest absolute Gasteiger partial charge is 0.159 e. The Bertz CT molecular complexity index is 581. The Morgan fingerprint density at radius 1 is 1.00 bits per heavy atom. The van der Waals surface area contributed by atoms with Gasteiger partial charge in [-0.05, 0) is 41.5 Å². The molecule has 0 aliphatic heterocycles. The van der Waals surface area contributed by atoms with Crippen LogP contribution in [0.5, 0.6) is 0 Å². The average molecular weight is 331 g/mol. The first-order valence-electron chi connectivity index (χ1n) is 5.53. The lowest BCUT2D eigenvalue weighted by atomic mass is 10.0. The summed E-state index contributed by atoms with van der Waals surface area (Å²) >= 11 is 3.15. The van der Waals surface area contributed by atoms with Crippen LogP contribution in [0.15, 0.2) is 40.9 Å². The molecule has 19 heavy (non-hydrogen) atoms. The van der Waals surface area contributed by atoms with Crippen LogP contribution in [0, 0.1) is 17.5 Å². The van der Waals surface area contributed by atoms with Crippen LogP contribution in [0.3, 0.4) is 0 Å². The largest absolute Gasteiger partial charge is 0.388 e. The summed E-state index contributed by atoms with van der Waals surface area (Å²) in [5.74, 6) is -2.41. The number of aliphatic hydroxyl groups is 1. The van der Waals surface area contributed by atoms with Crippen molar-refractivity contribution in [2.45, 2.75) is 12.5 Å². The number of halogens is 4. The molecule has 5 heteroatoms. The molecule has 0 radical (unpaired) electrons. The monoisotopic (exact) mass is 330 g/mol. The van der Waals surface area contributed by atoms with E-state index in [1.165, 1.54) is 18.2 Å². The zero-order valence-corrected chi connectivity index (χ0v) is 11.3. The molecule has 0 heterocycles. The molecule has 0 fully saturated rings. The molecule has 0 saturated carbocycles. The topological polar surface area (TPSA) is 20.2 Å². The van der Waals surface area contributed by atoms with Crippen molar-refractivity contribution < 1.29 is 18.3 Å². The number of benzene rings is 2. The molecule has 0 spiro atoms. The van der Waals surface area contributed by atoms with Crippen molar-refractivity contribution in [1.82, 2.24) is 0 Å². The third-order valence-corrected chi connectivity index (χ3v) is 3.14. The zero-order valence-electron chi connectivity index (χ0n) is 9.71. The second kappa shape index (κ2) is 5.75. The van der Waals surface area contributed by atoms with E-state index in [1.54, 1.807) is 6.07 Å². The lowest BCUT2D eigenvalue weighted by Gasteiger charge is -2.12. The Balaban J connectivity index is 2.20. The van der Waals surface area contributed by atoms with Gasteiger partial charge in [-0.15, -0.1) is 0 Å². The Labute approximate surface area is 116 Å². The van der Waals surface area contributed by atoms with Crippen LogP contribution in [0.25, 0.3) is 0 Å². The third-order valence-electron chi connectivity index (χ3n) is 2.68. The first kappa shape index (κ1) is 14.1. The molecule has 2 aromatic carbocycles. The van der Waals surface area contributed by atoms with E-state index in [4.69, 9.17) is 0 Å². The summed E-state index contributed by atoms with van der Waals surface area (Å²) in [6.45, 7) is 0. The molecule has 0 aliphatic carbocycles. The van der Waals surface area contributed by atoms with Gasteiger partial charge in [0.15, 0.2) is 11.6 Å². The van der Waals surface area contributed by atoms with E-state index in [2.05, 4.69) is 15.9 Å². The highest BCUT2D eigenvalue weighted by atomic mass is 79.9. The highest BCUT2D eigenvalue weighted by Gasteiger charge is 2.12. The van der Waals surface area contributed by atoms with E-state index in [-0.39, 0.29) is 12.0 Å². The summed E-state index contributed by atoms with van der Waals surface area (Å²) in [7, 11) is 0. The number of rotatable bonds is 3. The van der Waals surface area contributed by atoms with Gasteiger partial charge in [-0.3, -0.25) is 0 Å². The normalized spacial score (nSPS) is 12.5. The summed E-state index contributed by atoms with van der Waals surface area (Å²) in [6.07, 6.45) is -0.912. The first-order valence-corrected chi connectivity index (χ1v) is 6.33. The van der Waals surface area contributed by atoms with E-state index in [1.807, 2.05) is 0 Å². The van der Waals surface area contributed by atoms with Gasteiger partial charge in [0.1, 0.15) is 5.82 Å². The summed E-state index contributed by atoms with van der Waals surface area (Å²) in [6, 6.07) is 7.44. The molecule has 1 N–H and O–H groups in total. The van der Waals surface area contributed by atoms with Crippen LogP contribution in [-0.4, -0.2) is 5.11 Å². The SMILES string of the molecule is OC(Cc1cc(F)cc(Br)c1)c1ccc(F)c(F)c1. The maximum absolute atomic E-state index is 13.2. The van der Waals surface area contributed by atoms with Gasteiger partial charge in [-0.25, -0.2) is 13.2 Å². The highest BCUT2D eigenvalue weighted by Crippen LogP contribution is 2.23. The van der Waals surface area contributed by atoms with Crippen molar-refractivity contribution in [3.05, 3.63) is 69.4 Å². The fourth-order valence-electron chi connectivity index (χ4n) is 1.79. The Hall–Kier alpha value is -1.33. The van der Waals surface area contributed by atoms with Crippen LogP contribution in [-0.2, 0) is 6.42 Å². The van der Waals surface area contributed by atoms with Crippen LogP contribution in [0.4, 0.5) is 13.2 Å². The fourth-order valence-corrected chi connectivity index (χ4v) is 2.30. The second-order valence-electron chi connectivity index (χ2n) is 4.17. The molecule has 0 aromatic heterocycles. The maximum Gasteiger partial charge on any atom is 0.159 e. The first-order chi connectivity index (χ1) is 8.95. The summed E-state index contributed by atoms with van der Waals surface area (Å²) in [4.78, 5) is 0. The molecule has 2 aromatic rings. The van der Waals surface area contributed by atoms with Gasteiger partial charge in [-0.2, -0.15) is 0 Å². The molecule has 0 saturated heterocycles. The molecular weight excluding hydrogens is 321 g/mol. The van der Waals surface area contributed by atoms with Gasteiger partial charge in [0.2, 0.25) is 0 Å². The van der Waals surface area contributed by atoms with Crippen LogP contribution in [0.2, 0.25) is 0 Å². The van der Waals surface area contributed by atoms with Gasteiger partial charge in [0.05, 0.1) is 6.10 Å². The minimum absolute atomic E-state index is 0.113. The highest BCUT2D eigenvalue weighted by molar-refractivity contribution is 9.10. The quantitative estimate of drug-likeness (QED) is 0.896. The number of aliphatic hydroxyl groups excluding tert-OH is 1. The predicted molar refractivity (Wildman–Crippen MR) is 69.1 cm³/mol. The van der Waals surface area contributed by atoms with Gasteiger partial charge < -0.3 is 5.11 Å². The lowest BCUT2D eigenvalue weighted by Crippen LogP contribution is -2.03. The molecule has 0 bridgehead atoms. The van der Waals surface area contributed by atoms with E-state index in [0.717, 1.165) is 12.1 Å². The Kier molecular flexibility index (Phi) is 4.27. The molecular formula is C14H10BrF3O. The molecule has 0 amide bonds. The van der Waals surface area contributed by atoms with Gasteiger partial charge in [-0.1, -0.05) is 22.0 Å². The Morgan fingerprint density at radius 2 is 1.74 bits per heavy atom. The van der Waals surface area contributed by atoms with Crippen molar-refractivity contribution >= 4 is 15.9 Å². The molecule has 100 valence electrons. The summed E-state index contributed by atoms with van der Waals surface area (Å²) in [5.41, 5.74) is 0.809. The minimum atomic E-state index is -1.02. The standard InChI is InChI=1S/C14H10BrF3O/c15-10-3-8(4-11(16)7-10)5-14(19)9-1-2-12(17)13(18)6-9/h1-4,6-7,14,19H,5H2. The lowest BCUT2D eigenvalue weighted by molar-refractivity contribution is 0.177. The van der Waals surface area contributed by atoms with Gasteiger partial charge in [0, 0.05) is 10.9 Å². The molecule has 1 nitrogen and oxygen atoms in total. The molecule has 1 unspecified atom stereocenters. The van der Waals surface area contributed by atoms with Crippen LogP contribution < -0.4 is 0 Å². The molecule has 1 atom stereocenters. The predicted octanol–water partition coefficient (Wildman–Crippen LogP) is 4.14. The van der Waals surface area contributed by atoms with Crippen LogP contribution in [0.1, 0.15) is 17.2 Å². The van der Waals surface area contributed by atoms with E-state index in [0.29, 0.717) is 10.0 Å². The Morgan fingerprint density at radius 3 is 2.37 bits per heavy atom. The van der Waals surface area contributed by atoms with Gasteiger partial charge in [0.25, 0.3) is 0 Å². The second-order valence-corrected chi connectivity index (χ2v) is 5.09. The average Bonchev–Trinajstić information content (AvgIpc) is 2.31. The third kappa shape index (κ3) is 3.58.